The summed E-state index contributed by atoms with van der Waals surface area (Å²) in [5.41, 5.74) is -0.0295. The Morgan fingerprint density at radius 3 is 2.77 bits per heavy atom. The number of rotatable bonds is 6. The number of nitro benzene ring substituents is 1. The molecule has 1 aromatic heterocycles. The Hall–Kier alpha value is -3.40. The normalized spacial score (nSPS) is 12.3. The number of para-hydroxylation sites is 1. The van der Waals surface area contributed by atoms with E-state index in [1.165, 1.54) is 29.1 Å². The van der Waals surface area contributed by atoms with Crippen molar-refractivity contribution in [1.82, 2.24) is 9.66 Å². The molecule has 160 valence electrons. The molecule has 0 spiro atoms. The summed E-state index contributed by atoms with van der Waals surface area (Å²) in [6, 6.07) is 9.39. The predicted octanol–water partition coefficient (Wildman–Crippen LogP) is 4.39. The molecule has 1 atom stereocenters. The predicted molar refractivity (Wildman–Crippen MR) is 120 cm³/mol. The zero-order valence-electron chi connectivity index (χ0n) is 17.0. The summed E-state index contributed by atoms with van der Waals surface area (Å²) in [5.74, 6) is -0.564. The van der Waals surface area contributed by atoms with Crippen molar-refractivity contribution in [1.29, 1.82) is 0 Å². The lowest BCUT2D eigenvalue weighted by molar-refractivity contribution is -0.385. The highest BCUT2D eigenvalue weighted by Crippen LogP contribution is 2.30. The number of ether oxygens (including phenoxy) is 1. The first-order valence-electron chi connectivity index (χ1n) is 9.45. The van der Waals surface area contributed by atoms with Crippen LogP contribution in [0.5, 0.6) is 5.75 Å². The molecule has 0 unspecified atom stereocenters. The third-order valence-corrected chi connectivity index (χ3v) is 5.16. The summed E-state index contributed by atoms with van der Waals surface area (Å²) in [6.45, 7) is 5.04. The number of fused-ring (bicyclic) bond motifs is 1. The van der Waals surface area contributed by atoms with Crippen molar-refractivity contribution in [3.8, 4) is 5.75 Å². The van der Waals surface area contributed by atoms with E-state index in [1.807, 2.05) is 13.8 Å². The quantitative estimate of drug-likeness (QED) is 0.167. The van der Waals surface area contributed by atoms with Crippen molar-refractivity contribution in [3.63, 3.8) is 0 Å². The minimum absolute atomic E-state index is 0.0732. The van der Waals surface area contributed by atoms with Crippen LogP contribution in [0.2, 0.25) is 0 Å². The number of nitrogens with zero attached hydrogens (tertiary/aromatic N) is 4. The highest BCUT2D eigenvalue weighted by atomic mass is 79.9. The van der Waals surface area contributed by atoms with Crippen molar-refractivity contribution < 1.29 is 14.5 Å². The summed E-state index contributed by atoms with van der Waals surface area (Å²) < 4.78 is 6.96. The minimum Gasteiger partial charge on any atom is -0.419 e. The van der Waals surface area contributed by atoms with Crippen LogP contribution in [0.3, 0.4) is 0 Å². The van der Waals surface area contributed by atoms with Gasteiger partial charge in [0.05, 0.1) is 22.0 Å². The van der Waals surface area contributed by atoms with E-state index in [2.05, 4.69) is 26.0 Å². The lowest BCUT2D eigenvalue weighted by Gasteiger charge is -2.14. The molecule has 0 amide bonds. The standard InChI is InChI=1S/C21H19BrN4O5/c1-4-12(2)20-24-17-9-8-15(22)10-16(17)21(28)25(20)23-11-14-6-5-7-18(26(29)30)19(14)31-13(3)27/h5-12H,4H2,1-3H3/t12-/m1/s1. The molecule has 0 saturated carbocycles. The summed E-state index contributed by atoms with van der Waals surface area (Å²) in [4.78, 5) is 40.0. The van der Waals surface area contributed by atoms with E-state index in [9.17, 15) is 19.7 Å². The van der Waals surface area contributed by atoms with Gasteiger partial charge in [-0.25, -0.2) is 4.98 Å². The van der Waals surface area contributed by atoms with Crippen molar-refractivity contribution in [2.24, 2.45) is 5.10 Å². The molecular formula is C21H19BrN4O5. The monoisotopic (exact) mass is 486 g/mol. The van der Waals surface area contributed by atoms with Gasteiger partial charge in [-0.15, -0.1) is 0 Å². The SMILES string of the molecule is CC[C@@H](C)c1nc2ccc(Br)cc2c(=O)n1N=Cc1cccc([N+](=O)[O-])c1OC(C)=O. The van der Waals surface area contributed by atoms with E-state index in [4.69, 9.17) is 4.74 Å². The second-order valence-electron chi connectivity index (χ2n) is 6.85. The van der Waals surface area contributed by atoms with Crippen LogP contribution in [0, 0.1) is 10.1 Å². The van der Waals surface area contributed by atoms with Gasteiger partial charge in [0.25, 0.3) is 5.56 Å². The number of hydrogen-bond donors (Lipinski definition) is 0. The Morgan fingerprint density at radius 1 is 1.39 bits per heavy atom. The first kappa shape index (κ1) is 22.3. The Kier molecular flexibility index (Phi) is 6.59. The highest BCUT2D eigenvalue weighted by Gasteiger charge is 2.21. The molecule has 0 saturated heterocycles. The van der Waals surface area contributed by atoms with Crippen molar-refractivity contribution in [2.75, 3.05) is 0 Å². The Morgan fingerprint density at radius 2 is 2.13 bits per heavy atom. The minimum atomic E-state index is -0.710. The van der Waals surface area contributed by atoms with Gasteiger partial charge >= 0.3 is 11.7 Å². The molecule has 10 heteroatoms. The number of hydrogen-bond acceptors (Lipinski definition) is 7. The summed E-state index contributed by atoms with van der Waals surface area (Å²) >= 11 is 3.36. The number of carbonyl (C=O) groups excluding carboxylic acids is 1. The van der Waals surface area contributed by atoms with Gasteiger partial charge in [-0.2, -0.15) is 9.78 Å². The van der Waals surface area contributed by atoms with Crippen LogP contribution in [0.25, 0.3) is 10.9 Å². The first-order chi connectivity index (χ1) is 14.7. The van der Waals surface area contributed by atoms with E-state index in [0.717, 1.165) is 17.8 Å². The molecule has 0 bridgehead atoms. The van der Waals surface area contributed by atoms with Crippen LogP contribution in [0.4, 0.5) is 5.69 Å². The van der Waals surface area contributed by atoms with Gasteiger partial charge < -0.3 is 4.74 Å². The molecule has 0 N–H and O–H groups in total. The molecule has 3 rings (SSSR count). The third-order valence-electron chi connectivity index (χ3n) is 4.67. The smallest absolute Gasteiger partial charge is 0.312 e. The average Bonchev–Trinajstić information content (AvgIpc) is 2.73. The fourth-order valence-corrected chi connectivity index (χ4v) is 3.30. The lowest BCUT2D eigenvalue weighted by Crippen LogP contribution is -2.23. The second kappa shape index (κ2) is 9.17. The zero-order valence-corrected chi connectivity index (χ0v) is 18.6. The van der Waals surface area contributed by atoms with Gasteiger partial charge in [-0.1, -0.05) is 35.8 Å². The van der Waals surface area contributed by atoms with Gasteiger partial charge in [0, 0.05) is 28.9 Å². The highest BCUT2D eigenvalue weighted by molar-refractivity contribution is 9.10. The second-order valence-corrected chi connectivity index (χ2v) is 7.76. The lowest BCUT2D eigenvalue weighted by atomic mass is 10.1. The van der Waals surface area contributed by atoms with E-state index >= 15 is 0 Å². The van der Waals surface area contributed by atoms with Crippen LogP contribution in [0.15, 0.2) is 50.8 Å². The molecule has 0 aliphatic rings. The largest absolute Gasteiger partial charge is 0.419 e. The maximum atomic E-state index is 13.2. The molecule has 9 nitrogen and oxygen atoms in total. The molecule has 0 aliphatic carbocycles. The number of nitro groups is 1. The number of esters is 1. The number of halogens is 1. The summed E-state index contributed by atoms with van der Waals surface area (Å²) in [6.07, 6.45) is 1.98. The van der Waals surface area contributed by atoms with Crippen LogP contribution in [0.1, 0.15) is 44.5 Å². The van der Waals surface area contributed by atoms with Gasteiger partial charge in [0.2, 0.25) is 5.75 Å². The Bertz CT molecular complexity index is 1270. The van der Waals surface area contributed by atoms with Crippen LogP contribution >= 0.6 is 15.9 Å². The number of carbonyl (C=O) groups is 1. The maximum absolute atomic E-state index is 13.2. The molecule has 0 aliphatic heterocycles. The summed E-state index contributed by atoms with van der Waals surface area (Å²) in [7, 11) is 0. The average molecular weight is 487 g/mol. The van der Waals surface area contributed by atoms with E-state index in [0.29, 0.717) is 16.7 Å². The molecule has 0 fully saturated rings. The Balaban J connectivity index is 2.23. The topological polar surface area (TPSA) is 117 Å². The van der Waals surface area contributed by atoms with Gasteiger partial charge in [0.1, 0.15) is 5.82 Å². The Labute approximate surface area is 185 Å². The number of benzene rings is 2. The van der Waals surface area contributed by atoms with Crippen LogP contribution < -0.4 is 10.3 Å². The van der Waals surface area contributed by atoms with Gasteiger partial charge in [0.15, 0.2) is 0 Å². The fraction of sp³-hybridized carbons (Fsp3) is 0.238. The van der Waals surface area contributed by atoms with Gasteiger partial charge in [-0.05, 0) is 30.7 Å². The van der Waals surface area contributed by atoms with Crippen molar-refractivity contribution in [2.45, 2.75) is 33.1 Å². The van der Waals surface area contributed by atoms with E-state index < -0.39 is 10.9 Å². The molecular weight excluding hydrogens is 468 g/mol. The molecule has 31 heavy (non-hydrogen) atoms. The van der Waals surface area contributed by atoms with Crippen molar-refractivity contribution >= 4 is 44.7 Å². The molecule has 1 heterocycles. The molecule has 3 aromatic rings. The van der Waals surface area contributed by atoms with E-state index in [1.54, 1.807) is 18.2 Å². The molecule has 0 radical (unpaired) electrons. The fourth-order valence-electron chi connectivity index (χ4n) is 2.94. The first-order valence-corrected chi connectivity index (χ1v) is 10.2. The van der Waals surface area contributed by atoms with Crippen molar-refractivity contribution in [3.05, 3.63) is 72.7 Å². The van der Waals surface area contributed by atoms with Gasteiger partial charge in [-0.3, -0.25) is 19.7 Å². The van der Waals surface area contributed by atoms with Crippen LogP contribution in [-0.2, 0) is 4.79 Å². The zero-order chi connectivity index (χ0) is 22.7. The maximum Gasteiger partial charge on any atom is 0.312 e. The third kappa shape index (κ3) is 4.69. The number of aromatic nitrogens is 2. The molecule has 2 aromatic carbocycles. The van der Waals surface area contributed by atoms with E-state index in [-0.39, 0.29) is 28.5 Å². The van der Waals surface area contributed by atoms with Crippen LogP contribution in [-0.4, -0.2) is 26.8 Å². The summed E-state index contributed by atoms with van der Waals surface area (Å²) in [5, 5.41) is 16.0.